The molecule has 0 saturated carbocycles. The Morgan fingerprint density at radius 1 is 1.33 bits per heavy atom. The predicted octanol–water partition coefficient (Wildman–Crippen LogP) is 2.81. The first-order valence-corrected chi connectivity index (χ1v) is 5.89. The highest BCUT2D eigenvalue weighted by Gasteiger charge is 2.16. The van der Waals surface area contributed by atoms with Crippen molar-refractivity contribution in [2.24, 2.45) is 0 Å². The van der Waals surface area contributed by atoms with Crippen LogP contribution in [0.5, 0.6) is 0 Å². The van der Waals surface area contributed by atoms with Crippen LogP contribution in [0.4, 0.5) is 0 Å². The van der Waals surface area contributed by atoms with E-state index in [0.29, 0.717) is 4.60 Å². The molecular weight excluding hydrogens is 258 g/mol. The SMILES string of the molecule is O=C(O)c1cc2c(nc1Br)CCCCC2. The van der Waals surface area contributed by atoms with Crippen molar-refractivity contribution in [1.29, 1.82) is 0 Å². The van der Waals surface area contributed by atoms with Crippen LogP contribution in [-0.4, -0.2) is 16.1 Å². The summed E-state index contributed by atoms with van der Waals surface area (Å²) in [6.45, 7) is 0. The fourth-order valence-corrected chi connectivity index (χ4v) is 2.43. The molecule has 0 fully saturated rings. The lowest BCUT2D eigenvalue weighted by molar-refractivity contribution is 0.0695. The van der Waals surface area contributed by atoms with E-state index in [1.165, 1.54) is 6.42 Å². The third-order valence-electron chi connectivity index (χ3n) is 2.73. The molecule has 1 aliphatic rings. The lowest BCUT2D eigenvalue weighted by Gasteiger charge is -2.07. The molecule has 4 heteroatoms. The summed E-state index contributed by atoms with van der Waals surface area (Å²) in [6.07, 6.45) is 5.41. The summed E-state index contributed by atoms with van der Waals surface area (Å²) in [7, 11) is 0. The number of carboxylic acids is 1. The summed E-state index contributed by atoms with van der Waals surface area (Å²) < 4.78 is 0.454. The normalized spacial score (nSPS) is 15.5. The summed E-state index contributed by atoms with van der Waals surface area (Å²) in [4.78, 5) is 15.3. The van der Waals surface area contributed by atoms with E-state index in [9.17, 15) is 4.79 Å². The summed E-state index contributed by atoms with van der Waals surface area (Å²) in [5.41, 5.74) is 2.44. The van der Waals surface area contributed by atoms with Gasteiger partial charge in [-0.15, -0.1) is 0 Å². The fraction of sp³-hybridized carbons (Fsp3) is 0.455. The second kappa shape index (κ2) is 4.31. The average Bonchev–Trinajstić information content (AvgIpc) is 2.40. The molecule has 1 N–H and O–H groups in total. The number of pyridine rings is 1. The first kappa shape index (κ1) is 10.6. The van der Waals surface area contributed by atoms with Crippen molar-refractivity contribution in [3.63, 3.8) is 0 Å². The maximum Gasteiger partial charge on any atom is 0.338 e. The van der Waals surface area contributed by atoms with Crippen molar-refractivity contribution in [3.8, 4) is 0 Å². The zero-order chi connectivity index (χ0) is 10.8. The monoisotopic (exact) mass is 269 g/mol. The predicted molar refractivity (Wildman–Crippen MR) is 60.2 cm³/mol. The molecule has 0 bridgehead atoms. The zero-order valence-electron chi connectivity index (χ0n) is 8.29. The first-order valence-electron chi connectivity index (χ1n) is 5.10. The van der Waals surface area contributed by atoms with Crippen LogP contribution >= 0.6 is 15.9 Å². The van der Waals surface area contributed by atoms with E-state index in [-0.39, 0.29) is 5.56 Å². The Balaban J connectivity index is 2.47. The Hall–Kier alpha value is -0.900. The van der Waals surface area contributed by atoms with Crippen molar-refractivity contribution in [2.45, 2.75) is 32.1 Å². The van der Waals surface area contributed by atoms with Gasteiger partial charge in [-0.3, -0.25) is 0 Å². The average molecular weight is 270 g/mol. The highest BCUT2D eigenvalue weighted by Crippen LogP contribution is 2.24. The molecule has 0 aromatic carbocycles. The van der Waals surface area contributed by atoms with Crippen LogP contribution in [0.2, 0.25) is 0 Å². The van der Waals surface area contributed by atoms with E-state index in [4.69, 9.17) is 5.11 Å². The van der Waals surface area contributed by atoms with Gasteiger partial charge in [-0.05, 0) is 53.2 Å². The molecule has 1 heterocycles. The number of fused-ring (bicyclic) bond motifs is 1. The number of aromatic nitrogens is 1. The summed E-state index contributed by atoms with van der Waals surface area (Å²) in [5, 5.41) is 8.97. The lowest BCUT2D eigenvalue weighted by atomic mass is 10.1. The number of halogens is 1. The Morgan fingerprint density at radius 2 is 2.07 bits per heavy atom. The highest BCUT2D eigenvalue weighted by atomic mass is 79.9. The molecule has 1 aliphatic carbocycles. The molecule has 0 radical (unpaired) electrons. The first-order chi connectivity index (χ1) is 7.18. The molecular formula is C11H12BrNO2. The van der Waals surface area contributed by atoms with Crippen LogP contribution in [0.25, 0.3) is 0 Å². The number of hydrogen-bond donors (Lipinski definition) is 1. The van der Waals surface area contributed by atoms with Gasteiger partial charge in [-0.25, -0.2) is 9.78 Å². The van der Waals surface area contributed by atoms with Crippen molar-refractivity contribution < 1.29 is 9.90 Å². The van der Waals surface area contributed by atoms with Crippen LogP contribution < -0.4 is 0 Å². The van der Waals surface area contributed by atoms with Gasteiger partial charge >= 0.3 is 5.97 Å². The summed E-state index contributed by atoms with van der Waals surface area (Å²) in [6, 6.07) is 1.76. The topological polar surface area (TPSA) is 50.2 Å². The number of hydrogen-bond acceptors (Lipinski definition) is 2. The zero-order valence-corrected chi connectivity index (χ0v) is 9.88. The van der Waals surface area contributed by atoms with E-state index in [2.05, 4.69) is 20.9 Å². The Kier molecular flexibility index (Phi) is 3.05. The van der Waals surface area contributed by atoms with Gasteiger partial charge in [0.25, 0.3) is 0 Å². The standard InChI is InChI=1S/C11H12BrNO2/c12-10-8(11(14)15)6-7-4-2-1-3-5-9(7)13-10/h6H,1-5H2,(H,14,15). The second-order valence-electron chi connectivity index (χ2n) is 3.80. The van der Waals surface area contributed by atoms with Gasteiger partial charge < -0.3 is 5.11 Å². The third kappa shape index (κ3) is 2.20. The minimum absolute atomic E-state index is 0.274. The Labute approximate surface area is 96.7 Å². The van der Waals surface area contributed by atoms with Crippen LogP contribution in [-0.2, 0) is 12.8 Å². The van der Waals surface area contributed by atoms with Crippen molar-refractivity contribution in [3.05, 3.63) is 27.5 Å². The number of carbonyl (C=O) groups is 1. The van der Waals surface area contributed by atoms with Crippen molar-refractivity contribution >= 4 is 21.9 Å². The van der Waals surface area contributed by atoms with Gasteiger partial charge in [0.2, 0.25) is 0 Å². The molecule has 0 atom stereocenters. The van der Waals surface area contributed by atoms with Gasteiger partial charge in [-0.1, -0.05) is 6.42 Å². The maximum atomic E-state index is 10.9. The molecule has 15 heavy (non-hydrogen) atoms. The Bertz CT molecular complexity index is 404. The molecule has 0 unspecified atom stereocenters. The van der Waals surface area contributed by atoms with Crippen molar-refractivity contribution in [1.82, 2.24) is 4.98 Å². The quantitative estimate of drug-likeness (QED) is 0.630. The van der Waals surface area contributed by atoms with Crippen LogP contribution in [0.1, 0.15) is 40.9 Å². The minimum atomic E-state index is -0.915. The molecule has 0 spiro atoms. The molecule has 0 saturated heterocycles. The summed E-state index contributed by atoms with van der Waals surface area (Å²) in [5.74, 6) is -0.915. The third-order valence-corrected chi connectivity index (χ3v) is 3.34. The van der Waals surface area contributed by atoms with Crippen LogP contribution in [0, 0.1) is 0 Å². The van der Waals surface area contributed by atoms with Crippen molar-refractivity contribution in [2.75, 3.05) is 0 Å². The fourth-order valence-electron chi connectivity index (χ4n) is 1.94. The number of aromatic carboxylic acids is 1. The number of rotatable bonds is 1. The molecule has 80 valence electrons. The number of aryl methyl sites for hydroxylation is 2. The van der Waals surface area contributed by atoms with Gasteiger partial charge in [0.15, 0.2) is 0 Å². The van der Waals surface area contributed by atoms with Gasteiger partial charge in [-0.2, -0.15) is 0 Å². The molecule has 0 aliphatic heterocycles. The van der Waals surface area contributed by atoms with E-state index >= 15 is 0 Å². The van der Waals surface area contributed by atoms with Gasteiger partial charge in [0.1, 0.15) is 4.60 Å². The summed E-state index contributed by atoms with van der Waals surface area (Å²) >= 11 is 3.21. The molecule has 1 aromatic rings. The van der Waals surface area contributed by atoms with E-state index in [0.717, 1.165) is 36.9 Å². The van der Waals surface area contributed by atoms with E-state index in [1.54, 1.807) is 6.07 Å². The number of carboxylic acid groups (broad SMARTS) is 1. The molecule has 3 nitrogen and oxygen atoms in total. The van der Waals surface area contributed by atoms with Gasteiger partial charge in [0, 0.05) is 5.69 Å². The number of nitrogens with zero attached hydrogens (tertiary/aromatic N) is 1. The molecule has 0 amide bonds. The smallest absolute Gasteiger partial charge is 0.338 e. The van der Waals surface area contributed by atoms with Gasteiger partial charge in [0.05, 0.1) is 5.56 Å². The van der Waals surface area contributed by atoms with E-state index < -0.39 is 5.97 Å². The largest absolute Gasteiger partial charge is 0.478 e. The second-order valence-corrected chi connectivity index (χ2v) is 4.55. The Morgan fingerprint density at radius 3 is 2.80 bits per heavy atom. The molecule has 1 aromatic heterocycles. The lowest BCUT2D eigenvalue weighted by Crippen LogP contribution is -2.05. The van der Waals surface area contributed by atoms with Crippen LogP contribution in [0.3, 0.4) is 0 Å². The van der Waals surface area contributed by atoms with E-state index in [1.807, 2.05) is 0 Å². The maximum absolute atomic E-state index is 10.9. The minimum Gasteiger partial charge on any atom is -0.478 e. The highest BCUT2D eigenvalue weighted by molar-refractivity contribution is 9.10. The van der Waals surface area contributed by atoms with Crippen LogP contribution in [0.15, 0.2) is 10.7 Å². The molecule has 2 rings (SSSR count).